The van der Waals surface area contributed by atoms with Crippen molar-refractivity contribution in [3.8, 4) is 11.4 Å². The fourth-order valence-electron chi connectivity index (χ4n) is 1.72. The lowest BCUT2D eigenvalue weighted by Crippen LogP contribution is -2.33. The molecule has 0 aliphatic heterocycles. The van der Waals surface area contributed by atoms with Gasteiger partial charge in [-0.1, -0.05) is 19.9 Å². The molecule has 0 amide bonds. The third-order valence-electron chi connectivity index (χ3n) is 3.53. The minimum absolute atomic E-state index is 0.0175. The zero-order valence-electron chi connectivity index (χ0n) is 10.9. The number of aromatic nitrogens is 3. The normalized spacial score (nSPS) is 12.1. The Morgan fingerprint density at radius 1 is 1.12 bits per heavy atom. The molecule has 0 aliphatic rings. The van der Waals surface area contributed by atoms with Crippen LogP contribution < -0.4 is 0 Å². The van der Waals surface area contributed by atoms with Crippen molar-refractivity contribution in [1.82, 2.24) is 14.8 Å². The van der Waals surface area contributed by atoms with Crippen molar-refractivity contribution in [3.63, 3.8) is 0 Å². The molecule has 0 saturated heterocycles. The number of hydrogen-bond donors (Lipinski definition) is 0. The van der Waals surface area contributed by atoms with Crippen LogP contribution in [-0.4, -0.2) is 14.8 Å². The van der Waals surface area contributed by atoms with Gasteiger partial charge >= 0.3 is 0 Å². The molecule has 0 bridgehead atoms. The Balaban J connectivity index is 2.50. The van der Waals surface area contributed by atoms with Crippen LogP contribution in [-0.2, 0) is 5.54 Å². The first kappa shape index (κ1) is 11.8. The smallest absolute Gasteiger partial charge is 0.0883 e. The van der Waals surface area contributed by atoms with Crippen LogP contribution >= 0.6 is 0 Å². The second-order valence-corrected chi connectivity index (χ2v) is 5.15. The average molecular weight is 229 g/mol. The Morgan fingerprint density at radius 3 is 2.47 bits per heavy atom. The summed E-state index contributed by atoms with van der Waals surface area (Å²) >= 11 is 0. The quantitative estimate of drug-likeness (QED) is 0.808. The molecule has 0 atom stereocenters. The second kappa shape index (κ2) is 4.32. The highest BCUT2D eigenvalue weighted by atomic mass is 15.3. The lowest BCUT2D eigenvalue weighted by molar-refractivity contribution is 0.228. The summed E-state index contributed by atoms with van der Waals surface area (Å²) in [6.07, 6.45) is 3.66. The van der Waals surface area contributed by atoms with E-state index in [0.29, 0.717) is 5.92 Å². The molecule has 2 heterocycles. The summed E-state index contributed by atoms with van der Waals surface area (Å²) in [6, 6.07) is 7.97. The van der Waals surface area contributed by atoms with E-state index in [-0.39, 0.29) is 5.54 Å². The molecule has 0 aliphatic carbocycles. The first-order valence-corrected chi connectivity index (χ1v) is 5.99. The van der Waals surface area contributed by atoms with E-state index in [2.05, 4.69) is 42.5 Å². The highest BCUT2D eigenvalue weighted by Crippen LogP contribution is 2.29. The van der Waals surface area contributed by atoms with Crippen LogP contribution in [0.5, 0.6) is 0 Å². The molecule has 17 heavy (non-hydrogen) atoms. The van der Waals surface area contributed by atoms with Crippen molar-refractivity contribution >= 4 is 0 Å². The molecule has 0 aromatic carbocycles. The highest BCUT2D eigenvalue weighted by Gasteiger charge is 2.27. The van der Waals surface area contributed by atoms with Gasteiger partial charge in [0.05, 0.1) is 16.9 Å². The van der Waals surface area contributed by atoms with Gasteiger partial charge in [0.2, 0.25) is 0 Å². The van der Waals surface area contributed by atoms with Crippen molar-refractivity contribution in [1.29, 1.82) is 0 Å². The van der Waals surface area contributed by atoms with Gasteiger partial charge in [-0.3, -0.25) is 9.67 Å². The summed E-state index contributed by atoms with van der Waals surface area (Å²) in [5.74, 6) is 0.505. The van der Waals surface area contributed by atoms with Crippen LogP contribution in [0.1, 0.15) is 27.7 Å². The molecule has 3 nitrogen and oxygen atoms in total. The van der Waals surface area contributed by atoms with Gasteiger partial charge < -0.3 is 0 Å². The molecule has 2 rings (SSSR count). The first-order valence-electron chi connectivity index (χ1n) is 5.99. The highest BCUT2D eigenvalue weighted by molar-refractivity contribution is 5.54. The molecule has 0 radical (unpaired) electrons. The van der Waals surface area contributed by atoms with Crippen molar-refractivity contribution in [2.45, 2.75) is 33.2 Å². The van der Waals surface area contributed by atoms with Gasteiger partial charge in [-0.05, 0) is 38.0 Å². The van der Waals surface area contributed by atoms with Crippen molar-refractivity contribution in [2.24, 2.45) is 5.92 Å². The largest absolute Gasteiger partial charge is 0.258 e. The Kier molecular flexibility index (Phi) is 3.01. The summed E-state index contributed by atoms with van der Waals surface area (Å²) in [7, 11) is 0. The molecule has 0 N–H and O–H groups in total. The Bertz CT molecular complexity index is 483. The van der Waals surface area contributed by atoms with E-state index < -0.39 is 0 Å². The summed E-state index contributed by atoms with van der Waals surface area (Å²) in [6.45, 7) is 8.84. The zero-order chi connectivity index (χ0) is 12.5. The molecule has 0 spiro atoms. The lowest BCUT2D eigenvalue weighted by atomic mass is 9.90. The lowest BCUT2D eigenvalue weighted by Gasteiger charge is -2.31. The van der Waals surface area contributed by atoms with Crippen LogP contribution in [0.25, 0.3) is 11.4 Å². The van der Waals surface area contributed by atoms with Crippen molar-refractivity contribution < 1.29 is 0 Å². The van der Waals surface area contributed by atoms with Crippen molar-refractivity contribution in [3.05, 3.63) is 36.7 Å². The summed E-state index contributed by atoms with van der Waals surface area (Å²) in [5.41, 5.74) is 2.03. The van der Waals surface area contributed by atoms with E-state index in [1.54, 1.807) is 0 Å². The summed E-state index contributed by atoms with van der Waals surface area (Å²) in [5, 5.41) is 4.46. The first-order chi connectivity index (χ1) is 8.03. The maximum Gasteiger partial charge on any atom is 0.0883 e. The van der Waals surface area contributed by atoms with Gasteiger partial charge in [0.1, 0.15) is 0 Å². The minimum atomic E-state index is -0.0175. The SMILES string of the molecule is CC(C)C(C)(C)n1nccc1-c1ccccn1. The van der Waals surface area contributed by atoms with Crippen LogP contribution in [0.3, 0.4) is 0 Å². The van der Waals surface area contributed by atoms with Gasteiger partial charge in [-0.2, -0.15) is 5.10 Å². The van der Waals surface area contributed by atoms with E-state index in [4.69, 9.17) is 0 Å². The molecule has 0 fully saturated rings. The van der Waals surface area contributed by atoms with E-state index in [0.717, 1.165) is 11.4 Å². The second-order valence-electron chi connectivity index (χ2n) is 5.15. The number of pyridine rings is 1. The molecule has 3 heteroatoms. The van der Waals surface area contributed by atoms with Crippen LogP contribution in [0.2, 0.25) is 0 Å². The summed E-state index contributed by atoms with van der Waals surface area (Å²) < 4.78 is 2.07. The van der Waals surface area contributed by atoms with Crippen LogP contribution in [0, 0.1) is 5.92 Å². The molecule has 90 valence electrons. The fourth-order valence-corrected chi connectivity index (χ4v) is 1.72. The monoisotopic (exact) mass is 229 g/mol. The Hall–Kier alpha value is -1.64. The third-order valence-corrected chi connectivity index (χ3v) is 3.53. The number of nitrogens with zero attached hydrogens (tertiary/aromatic N) is 3. The van der Waals surface area contributed by atoms with Gasteiger partial charge in [0.25, 0.3) is 0 Å². The number of rotatable bonds is 3. The van der Waals surface area contributed by atoms with Crippen LogP contribution in [0.4, 0.5) is 0 Å². The van der Waals surface area contributed by atoms with Gasteiger partial charge in [-0.25, -0.2) is 0 Å². The predicted molar refractivity (Wildman–Crippen MR) is 69.6 cm³/mol. The zero-order valence-corrected chi connectivity index (χ0v) is 10.9. The van der Waals surface area contributed by atoms with E-state index in [9.17, 15) is 0 Å². The fraction of sp³-hybridized carbons (Fsp3) is 0.429. The third kappa shape index (κ3) is 2.09. The topological polar surface area (TPSA) is 30.7 Å². The molecule has 2 aromatic rings. The molecular weight excluding hydrogens is 210 g/mol. The maximum absolute atomic E-state index is 4.46. The van der Waals surface area contributed by atoms with E-state index in [1.807, 2.05) is 36.7 Å². The van der Waals surface area contributed by atoms with Gasteiger partial charge in [-0.15, -0.1) is 0 Å². The van der Waals surface area contributed by atoms with Crippen molar-refractivity contribution in [2.75, 3.05) is 0 Å². The summed E-state index contributed by atoms with van der Waals surface area (Å²) in [4.78, 5) is 4.39. The van der Waals surface area contributed by atoms with E-state index in [1.165, 1.54) is 0 Å². The number of hydrogen-bond acceptors (Lipinski definition) is 2. The molecule has 0 unspecified atom stereocenters. The molecule has 2 aromatic heterocycles. The Morgan fingerprint density at radius 2 is 1.88 bits per heavy atom. The Labute approximate surface area is 103 Å². The van der Waals surface area contributed by atoms with E-state index >= 15 is 0 Å². The molecular formula is C14H19N3. The standard InChI is InChI=1S/C14H19N3/c1-11(2)14(3,4)17-13(8-10-16-17)12-7-5-6-9-15-12/h5-11H,1-4H3. The predicted octanol–water partition coefficient (Wildman–Crippen LogP) is 3.34. The minimum Gasteiger partial charge on any atom is -0.258 e. The average Bonchev–Trinajstić information content (AvgIpc) is 2.79. The maximum atomic E-state index is 4.46. The van der Waals surface area contributed by atoms with Gasteiger partial charge in [0.15, 0.2) is 0 Å². The van der Waals surface area contributed by atoms with Gasteiger partial charge in [0, 0.05) is 12.4 Å². The molecule has 0 saturated carbocycles. The van der Waals surface area contributed by atoms with Crippen LogP contribution in [0.15, 0.2) is 36.7 Å².